The number of fused-ring (bicyclic) bond motifs is 2. The fourth-order valence-electron chi connectivity index (χ4n) is 5.77. The van der Waals surface area contributed by atoms with Gasteiger partial charge in [0.05, 0.1) is 24.2 Å². The van der Waals surface area contributed by atoms with Crippen LogP contribution in [-0.2, 0) is 28.9 Å². The first-order valence-electron chi connectivity index (χ1n) is 12.7. The summed E-state index contributed by atoms with van der Waals surface area (Å²) >= 11 is 0. The Balaban J connectivity index is 1.46. The molecule has 1 fully saturated rings. The standard InChI is InChI=1S/C27H29N7O2/c1-18(35)32-8-4-25-24(16-32)27(31-34(25)22-5-9-36-10-6-22)33-7-2-3-19-11-23(20(13-28)12-26(19)33)21-14-29-17-30-15-21/h11-12,14-15,17,22H,2-10,16H2,1H3. The molecule has 9 heteroatoms. The van der Waals surface area contributed by atoms with Crippen molar-refractivity contribution in [3.63, 3.8) is 0 Å². The van der Waals surface area contributed by atoms with Gasteiger partial charge in [0.25, 0.3) is 0 Å². The zero-order chi connectivity index (χ0) is 24.6. The molecule has 1 aromatic carbocycles. The van der Waals surface area contributed by atoms with Crippen LogP contribution in [0.2, 0.25) is 0 Å². The van der Waals surface area contributed by atoms with E-state index in [1.165, 1.54) is 17.6 Å². The third-order valence-corrected chi connectivity index (χ3v) is 7.63. The molecule has 0 atom stereocenters. The first kappa shape index (κ1) is 22.7. The van der Waals surface area contributed by atoms with Gasteiger partial charge in [-0.1, -0.05) is 0 Å². The molecule has 0 unspecified atom stereocenters. The van der Waals surface area contributed by atoms with E-state index in [4.69, 9.17) is 9.84 Å². The van der Waals surface area contributed by atoms with Gasteiger partial charge in [0.1, 0.15) is 6.33 Å². The number of anilines is 2. The van der Waals surface area contributed by atoms with Gasteiger partial charge >= 0.3 is 0 Å². The number of hydrogen-bond acceptors (Lipinski definition) is 7. The monoisotopic (exact) mass is 483 g/mol. The fourth-order valence-corrected chi connectivity index (χ4v) is 5.77. The summed E-state index contributed by atoms with van der Waals surface area (Å²) in [5.74, 6) is 1.01. The molecular weight excluding hydrogens is 454 g/mol. The largest absolute Gasteiger partial charge is 0.381 e. The quantitative estimate of drug-likeness (QED) is 0.562. The van der Waals surface area contributed by atoms with E-state index < -0.39 is 0 Å². The van der Waals surface area contributed by atoms with Gasteiger partial charge in [0.2, 0.25) is 5.91 Å². The highest BCUT2D eigenvalue weighted by Gasteiger charge is 2.33. The van der Waals surface area contributed by atoms with Crippen LogP contribution in [0.25, 0.3) is 11.1 Å². The van der Waals surface area contributed by atoms with Crippen molar-refractivity contribution in [2.45, 2.75) is 51.6 Å². The van der Waals surface area contributed by atoms with Gasteiger partial charge in [-0.05, 0) is 43.4 Å². The number of carbonyl (C=O) groups excluding carboxylic acids is 1. The molecule has 184 valence electrons. The lowest BCUT2D eigenvalue weighted by Crippen LogP contribution is -2.36. The molecule has 6 rings (SSSR count). The van der Waals surface area contributed by atoms with E-state index in [0.29, 0.717) is 24.7 Å². The van der Waals surface area contributed by atoms with Crippen molar-refractivity contribution < 1.29 is 9.53 Å². The fraction of sp³-hybridized carbons (Fsp3) is 0.444. The second-order valence-corrected chi connectivity index (χ2v) is 9.75. The highest BCUT2D eigenvalue weighted by Crippen LogP contribution is 2.41. The van der Waals surface area contributed by atoms with Crippen molar-refractivity contribution >= 4 is 17.4 Å². The number of aryl methyl sites for hydroxylation is 1. The third-order valence-electron chi connectivity index (χ3n) is 7.63. The Kier molecular flexibility index (Phi) is 5.89. The first-order chi connectivity index (χ1) is 17.6. The van der Waals surface area contributed by atoms with Gasteiger partial charge in [0.15, 0.2) is 5.82 Å². The van der Waals surface area contributed by atoms with E-state index in [9.17, 15) is 10.1 Å². The number of benzene rings is 1. The molecule has 3 aliphatic rings. The molecule has 2 aromatic heterocycles. The SMILES string of the molecule is CC(=O)N1CCc2c(c(N3CCCc4cc(-c5cncnc5)c(C#N)cc43)nn2C2CCOCC2)C1. The molecule has 1 amide bonds. The minimum atomic E-state index is 0.0888. The minimum absolute atomic E-state index is 0.0888. The maximum absolute atomic E-state index is 12.3. The topological polar surface area (TPSA) is 100 Å². The number of nitriles is 1. The zero-order valence-corrected chi connectivity index (χ0v) is 20.5. The van der Waals surface area contributed by atoms with Gasteiger partial charge in [0, 0.05) is 80.1 Å². The molecule has 0 saturated carbocycles. The molecule has 9 nitrogen and oxygen atoms in total. The molecule has 1 saturated heterocycles. The van der Waals surface area contributed by atoms with E-state index >= 15 is 0 Å². The van der Waals surface area contributed by atoms with Crippen LogP contribution in [0.15, 0.2) is 30.9 Å². The summed E-state index contributed by atoms with van der Waals surface area (Å²) in [6, 6.07) is 6.79. The summed E-state index contributed by atoms with van der Waals surface area (Å²) in [4.78, 5) is 24.7. The molecule has 5 heterocycles. The number of hydrogen-bond donors (Lipinski definition) is 0. The van der Waals surface area contributed by atoms with Crippen LogP contribution in [0, 0.1) is 11.3 Å². The van der Waals surface area contributed by atoms with Crippen LogP contribution < -0.4 is 4.90 Å². The van der Waals surface area contributed by atoms with E-state index in [1.807, 2.05) is 11.0 Å². The van der Waals surface area contributed by atoms with Crippen molar-refractivity contribution in [2.24, 2.45) is 0 Å². The van der Waals surface area contributed by atoms with Gasteiger partial charge in [-0.2, -0.15) is 10.4 Å². The summed E-state index contributed by atoms with van der Waals surface area (Å²) < 4.78 is 7.83. The van der Waals surface area contributed by atoms with E-state index in [0.717, 1.165) is 80.1 Å². The Morgan fingerprint density at radius 2 is 1.94 bits per heavy atom. The molecule has 0 N–H and O–H groups in total. The van der Waals surface area contributed by atoms with Crippen molar-refractivity contribution in [2.75, 3.05) is 31.2 Å². The maximum atomic E-state index is 12.3. The summed E-state index contributed by atoms with van der Waals surface area (Å²) in [6.45, 7) is 5.24. The zero-order valence-electron chi connectivity index (χ0n) is 20.5. The predicted octanol–water partition coefficient (Wildman–Crippen LogP) is 3.55. The Morgan fingerprint density at radius 1 is 1.14 bits per heavy atom. The van der Waals surface area contributed by atoms with Crippen LogP contribution in [0.3, 0.4) is 0 Å². The highest BCUT2D eigenvalue weighted by molar-refractivity contribution is 5.79. The summed E-state index contributed by atoms with van der Waals surface area (Å²) in [5, 5.41) is 15.2. The second-order valence-electron chi connectivity index (χ2n) is 9.75. The van der Waals surface area contributed by atoms with Crippen molar-refractivity contribution in [1.29, 1.82) is 5.26 Å². The minimum Gasteiger partial charge on any atom is -0.381 e. The lowest BCUT2D eigenvalue weighted by atomic mass is 9.93. The van der Waals surface area contributed by atoms with E-state index in [1.54, 1.807) is 19.3 Å². The van der Waals surface area contributed by atoms with Crippen LogP contribution in [0.5, 0.6) is 0 Å². The molecule has 0 spiro atoms. The van der Waals surface area contributed by atoms with Gasteiger partial charge in [-0.3, -0.25) is 9.48 Å². The molecular formula is C27H29N7O2. The highest BCUT2D eigenvalue weighted by atomic mass is 16.5. The lowest BCUT2D eigenvalue weighted by molar-refractivity contribution is -0.129. The first-order valence-corrected chi connectivity index (χ1v) is 12.7. The summed E-state index contributed by atoms with van der Waals surface area (Å²) in [5.41, 5.74) is 6.88. The maximum Gasteiger partial charge on any atom is 0.219 e. The van der Waals surface area contributed by atoms with Gasteiger partial charge < -0.3 is 14.5 Å². The van der Waals surface area contributed by atoms with Gasteiger partial charge in [-0.15, -0.1) is 0 Å². The predicted molar refractivity (Wildman–Crippen MR) is 134 cm³/mol. The Labute approximate surface area is 210 Å². The summed E-state index contributed by atoms with van der Waals surface area (Å²) in [6.07, 6.45) is 9.61. The van der Waals surface area contributed by atoms with Crippen LogP contribution in [0.4, 0.5) is 11.5 Å². The van der Waals surface area contributed by atoms with E-state index in [-0.39, 0.29) is 5.91 Å². The molecule has 0 radical (unpaired) electrons. The number of nitrogens with zero attached hydrogens (tertiary/aromatic N) is 7. The average Bonchev–Trinajstić information content (AvgIpc) is 3.31. The number of amides is 1. The Hall–Kier alpha value is -3.77. The van der Waals surface area contributed by atoms with Crippen LogP contribution in [-0.4, -0.2) is 56.9 Å². The Morgan fingerprint density at radius 3 is 2.69 bits per heavy atom. The van der Waals surface area contributed by atoms with Crippen LogP contribution >= 0.6 is 0 Å². The average molecular weight is 484 g/mol. The number of rotatable bonds is 3. The molecule has 0 aliphatic carbocycles. The molecule has 36 heavy (non-hydrogen) atoms. The van der Waals surface area contributed by atoms with Crippen molar-refractivity contribution in [3.8, 4) is 17.2 Å². The lowest BCUT2D eigenvalue weighted by Gasteiger charge is -2.33. The molecule has 0 bridgehead atoms. The molecule has 3 aliphatic heterocycles. The number of carbonyl (C=O) groups is 1. The smallest absolute Gasteiger partial charge is 0.219 e. The van der Waals surface area contributed by atoms with Crippen molar-refractivity contribution in [3.05, 3.63) is 53.2 Å². The normalized spacial score (nSPS) is 17.9. The number of ether oxygens (including phenoxy) is 1. The number of aromatic nitrogens is 4. The van der Waals surface area contributed by atoms with E-state index in [2.05, 4.69) is 31.7 Å². The second kappa shape index (κ2) is 9.36. The van der Waals surface area contributed by atoms with Crippen molar-refractivity contribution in [1.82, 2.24) is 24.6 Å². The third kappa shape index (κ3) is 3.91. The Bertz CT molecular complexity index is 1340. The van der Waals surface area contributed by atoms with Gasteiger partial charge in [-0.25, -0.2) is 9.97 Å². The van der Waals surface area contributed by atoms with Crippen LogP contribution in [0.1, 0.15) is 54.6 Å². The molecule has 3 aromatic rings. The summed E-state index contributed by atoms with van der Waals surface area (Å²) in [7, 11) is 0.